The number of alkyl halides is 1. The predicted molar refractivity (Wildman–Crippen MR) is 65.1 cm³/mol. The number of hydrogen-bond donors (Lipinski definition) is 1. The normalized spacial score (nSPS) is 9.57. The maximum absolute atomic E-state index is 11.1. The number of amides is 1. The van der Waals surface area contributed by atoms with E-state index in [0.29, 0.717) is 11.0 Å². The minimum Gasteiger partial charge on any atom is -0.494 e. The van der Waals surface area contributed by atoms with Gasteiger partial charge in [-0.15, -0.1) is 0 Å². The standard InChI is InChI=1S/C10H12INO2/c1-2-14-9-5-3-4-8(6-9)12-10(13)7-11/h3-6H,2,7H2,1H3,(H,12,13). The SMILES string of the molecule is CCOc1cccc(NC(=O)CI)c1. The van der Waals surface area contributed by atoms with Crippen LogP contribution in [0.3, 0.4) is 0 Å². The summed E-state index contributed by atoms with van der Waals surface area (Å²) in [4.78, 5) is 11.1. The van der Waals surface area contributed by atoms with Crippen molar-refractivity contribution in [2.75, 3.05) is 16.4 Å². The van der Waals surface area contributed by atoms with E-state index in [0.717, 1.165) is 11.4 Å². The van der Waals surface area contributed by atoms with Crippen LogP contribution in [0.4, 0.5) is 5.69 Å². The van der Waals surface area contributed by atoms with Gasteiger partial charge in [-0.1, -0.05) is 28.7 Å². The maximum Gasteiger partial charge on any atom is 0.234 e. The van der Waals surface area contributed by atoms with E-state index in [1.54, 1.807) is 0 Å². The van der Waals surface area contributed by atoms with Crippen LogP contribution in [0.1, 0.15) is 6.92 Å². The lowest BCUT2D eigenvalue weighted by molar-refractivity contribution is -0.113. The van der Waals surface area contributed by atoms with Crippen molar-refractivity contribution in [2.45, 2.75) is 6.92 Å². The molecule has 1 aromatic carbocycles. The van der Waals surface area contributed by atoms with Gasteiger partial charge in [-0.3, -0.25) is 4.79 Å². The molecule has 0 aliphatic rings. The molecule has 1 N–H and O–H groups in total. The molecule has 0 radical (unpaired) electrons. The lowest BCUT2D eigenvalue weighted by atomic mass is 10.3. The van der Waals surface area contributed by atoms with Crippen molar-refractivity contribution in [2.24, 2.45) is 0 Å². The van der Waals surface area contributed by atoms with Gasteiger partial charge in [0.25, 0.3) is 0 Å². The second-order valence-electron chi connectivity index (χ2n) is 2.64. The minimum atomic E-state index is -0.000696. The Kier molecular flexibility index (Phi) is 4.72. The Morgan fingerprint density at radius 3 is 3.00 bits per heavy atom. The van der Waals surface area contributed by atoms with Crippen molar-refractivity contribution >= 4 is 34.2 Å². The number of carbonyl (C=O) groups is 1. The monoisotopic (exact) mass is 305 g/mol. The molecule has 0 unspecified atom stereocenters. The van der Waals surface area contributed by atoms with E-state index in [4.69, 9.17) is 4.74 Å². The fourth-order valence-corrected chi connectivity index (χ4v) is 1.22. The van der Waals surface area contributed by atoms with E-state index in [9.17, 15) is 4.79 Å². The van der Waals surface area contributed by atoms with Gasteiger partial charge in [0.2, 0.25) is 5.91 Å². The Hall–Kier alpha value is -0.780. The Bertz CT molecular complexity index is 315. The molecule has 4 heteroatoms. The van der Waals surface area contributed by atoms with E-state index in [2.05, 4.69) is 5.32 Å². The molecular formula is C10H12INO2. The Balaban J connectivity index is 2.68. The zero-order valence-corrected chi connectivity index (χ0v) is 10.1. The van der Waals surface area contributed by atoms with E-state index in [-0.39, 0.29) is 5.91 Å². The smallest absolute Gasteiger partial charge is 0.234 e. The van der Waals surface area contributed by atoms with Crippen LogP contribution in [0.15, 0.2) is 24.3 Å². The summed E-state index contributed by atoms with van der Waals surface area (Å²) in [6.45, 7) is 2.56. The molecule has 1 aromatic rings. The number of halogens is 1. The number of benzene rings is 1. The zero-order chi connectivity index (χ0) is 10.4. The predicted octanol–water partition coefficient (Wildman–Crippen LogP) is 2.46. The molecule has 0 spiro atoms. The average molecular weight is 305 g/mol. The lowest BCUT2D eigenvalue weighted by Gasteiger charge is -2.06. The number of hydrogen-bond acceptors (Lipinski definition) is 2. The molecule has 76 valence electrons. The molecule has 0 aliphatic carbocycles. The van der Waals surface area contributed by atoms with Crippen molar-refractivity contribution < 1.29 is 9.53 Å². The Labute approximate surface area is 97.0 Å². The third kappa shape index (κ3) is 3.53. The third-order valence-corrected chi connectivity index (χ3v) is 2.24. The van der Waals surface area contributed by atoms with Crippen molar-refractivity contribution in [1.29, 1.82) is 0 Å². The molecule has 0 atom stereocenters. The molecule has 14 heavy (non-hydrogen) atoms. The molecule has 1 rings (SSSR count). The van der Waals surface area contributed by atoms with E-state index >= 15 is 0 Å². The van der Waals surface area contributed by atoms with Gasteiger partial charge in [0.05, 0.1) is 11.0 Å². The molecule has 0 aliphatic heterocycles. The van der Waals surface area contributed by atoms with Crippen molar-refractivity contribution in [1.82, 2.24) is 0 Å². The first kappa shape index (κ1) is 11.3. The van der Waals surface area contributed by atoms with Crippen LogP contribution in [0.5, 0.6) is 5.75 Å². The van der Waals surface area contributed by atoms with Crippen molar-refractivity contribution in [3.63, 3.8) is 0 Å². The summed E-state index contributed by atoms with van der Waals surface area (Å²) >= 11 is 2.02. The van der Waals surface area contributed by atoms with Crippen LogP contribution < -0.4 is 10.1 Å². The molecule has 1 amide bonds. The van der Waals surface area contributed by atoms with Gasteiger partial charge in [0.1, 0.15) is 5.75 Å². The van der Waals surface area contributed by atoms with Gasteiger partial charge in [-0.25, -0.2) is 0 Å². The van der Waals surface area contributed by atoms with Gasteiger partial charge in [0.15, 0.2) is 0 Å². The van der Waals surface area contributed by atoms with Crippen LogP contribution in [0.2, 0.25) is 0 Å². The number of nitrogens with one attached hydrogen (secondary N) is 1. The van der Waals surface area contributed by atoms with E-state index < -0.39 is 0 Å². The molecule has 0 heterocycles. The fraction of sp³-hybridized carbons (Fsp3) is 0.300. The third-order valence-electron chi connectivity index (χ3n) is 1.55. The maximum atomic E-state index is 11.1. The Morgan fingerprint density at radius 1 is 1.57 bits per heavy atom. The van der Waals surface area contributed by atoms with Gasteiger partial charge < -0.3 is 10.1 Å². The van der Waals surface area contributed by atoms with E-state index in [1.807, 2.05) is 53.8 Å². The second kappa shape index (κ2) is 5.85. The van der Waals surface area contributed by atoms with Crippen molar-refractivity contribution in [3.05, 3.63) is 24.3 Å². The minimum absolute atomic E-state index is 0.000696. The quantitative estimate of drug-likeness (QED) is 0.685. The van der Waals surface area contributed by atoms with Crippen LogP contribution in [-0.4, -0.2) is 16.9 Å². The first-order chi connectivity index (χ1) is 6.76. The number of anilines is 1. The average Bonchev–Trinajstić information content (AvgIpc) is 2.19. The largest absolute Gasteiger partial charge is 0.494 e. The zero-order valence-electron chi connectivity index (χ0n) is 7.92. The summed E-state index contributed by atoms with van der Waals surface area (Å²) in [7, 11) is 0. The molecule has 3 nitrogen and oxygen atoms in total. The Morgan fingerprint density at radius 2 is 2.36 bits per heavy atom. The second-order valence-corrected chi connectivity index (χ2v) is 3.41. The van der Waals surface area contributed by atoms with Gasteiger partial charge >= 0.3 is 0 Å². The highest BCUT2D eigenvalue weighted by atomic mass is 127. The number of rotatable bonds is 4. The highest BCUT2D eigenvalue weighted by molar-refractivity contribution is 14.1. The van der Waals surface area contributed by atoms with Gasteiger partial charge in [-0.2, -0.15) is 0 Å². The number of ether oxygens (including phenoxy) is 1. The topological polar surface area (TPSA) is 38.3 Å². The molecule has 0 saturated carbocycles. The summed E-state index contributed by atoms with van der Waals surface area (Å²) in [6, 6.07) is 7.37. The molecular weight excluding hydrogens is 293 g/mol. The summed E-state index contributed by atoms with van der Waals surface area (Å²) in [5.41, 5.74) is 0.776. The van der Waals surface area contributed by atoms with Crippen LogP contribution in [0, 0.1) is 0 Å². The highest BCUT2D eigenvalue weighted by Crippen LogP contribution is 2.17. The summed E-state index contributed by atoms with van der Waals surface area (Å²) < 4.78 is 5.76. The van der Waals surface area contributed by atoms with Crippen LogP contribution >= 0.6 is 22.6 Å². The highest BCUT2D eigenvalue weighted by Gasteiger charge is 2.00. The summed E-state index contributed by atoms with van der Waals surface area (Å²) in [5.74, 6) is 0.776. The van der Waals surface area contributed by atoms with Crippen LogP contribution in [-0.2, 0) is 4.79 Å². The van der Waals surface area contributed by atoms with Crippen LogP contribution in [0.25, 0.3) is 0 Å². The molecule has 0 bridgehead atoms. The lowest BCUT2D eigenvalue weighted by Crippen LogP contribution is -2.12. The summed E-state index contributed by atoms with van der Waals surface area (Å²) in [5, 5.41) is 2.76. The van der Waals surface area contributed by atoms with Gasteiger partial charge in [0, 0.05) is 11.8 Å². The van der Waals surface area contributed by atoms with Crippen molar-refractivity contribution in [3.8, 4) is 5.75 Å². The molecule has 0 saturated heterocycles. The summed E-state index contributed by atoms with van der Waals surface area (Å²) in [6.07, 6.45) is 0. The molecule has 0 fully saturated rings. The van der Waals surface area contributed by atoms with E-state index in [1.165, 1.54) is 0 Å². The molecule has 0 aromatic heterocycles. The fourth-order valence-electron chi connectivity index (χ4n) is 1.02. The number of carbonyl (C=O) groups excluding carboxylic acids is 1. The van der Waals surface area contributed by atoms with Gasteiger partial charge in [-0.05, 0) is 19.1 Å². The first-order valence-corrected chi connectivity index (χ1v) is 5.87. The first-order valence-electron chi connectivity index (χ1n) is 4.35.